The van der Waals surface area contributed by atoms with Gasteiger partial charge in [-0.25, -0.2) is 0 Å². The highest BCUT2D eigenvalue weighted by Crippen LogP contribution is 2.28. The van der Waals surface area contributed by atoms with Crippen molar-refractivity contribution in [2.45, 2.75) is 20.8 Å². The van der Waals surface area contributed by atoms with Gasteiger partial charge in [0.2, 0.25) is 0 Å². The Morgan fingerprint density at radius 1 is 0.950 bits per heavy atom. The fraction of sp³-hybridized carbons (Fsp3) is 0.312. The minimum absolute atomic E-state index is 0.0888. The van der Waals surface area contributed by atoms with Gasteiger partial charge in [0.05, 0.1) is 19.8 Å². The van der Waals surface area contributed by atoms with Crippen molar-refractivity contribution < 1.29 is 18.7 Å². The van der Waals surface area contributed by atoms with Crippen molar-refractivity contribution in [2.75, 3.05) is 14.2 Å². The monoisotopic (exact) mass is 274 g/mol. The summed E-state index contributed by atoms with van der Waals surface area (Å²) in [5.74, 6) is 2.48. The number of aryl methyl sites for hydroxylation is 2. The lowest BCUT2D eigenvalue weighted by atomic mass is 9.99. The number of methoxy groups -OCH3 is 2. The Morgan fingerprint density at radius 3 is 1.90 bits per heavy atom. The Hall–Kier alpha value is -2.23. The van der Waals surface area contributed by atoms with Gasteiger partial charge < -0.3 is 13.9 Å². The lowest BCUT2D eigenvalue weighted by Gasteiger charge is -2.08. The Bertz CT molecular complexity index is 630. The van der Waals surface area contributed by atoms with E-state index >= 15 is 0 Å². The molecule has 106 valence electrons. The van der Waals surface area contributed by atoms with Crippen LogP contribution in [0.1, 0.15) is 33.0 Å². The summed E-state index contributed by atoms with van der Waals surface area (Å²) in [7, 11) is 3.11. The maximum absolute atomic E-state index is 12.7. The number of ketones is 1. The second-order valence-corrected chi connectivity index (χ2v) is 4.64. The fourth-order valence-corrected chi connectivity index (χ4v) is 2.21. The van der Waals surface area contributed by atoms with Crippen LogP contribution in [0.5, 0.6) is 11.5 Å². The first kappa shape index (κ1) is 14.2. The van der Waals surface area contributed by atoms with Gasteiger partial charge in [-0.05, 0) is 32.9 Å². The molecule has 0 unspecified atom stereocenters. The molecular weight excluding hydrogens is 256 g/mol. The summed E-state index contributed by atoms with van der Waals surface area (Å²) in [5.41, 5.74) is 2.00. The number of carbonyl (C=O) groups is 1. The van der Waals surface area contributed by atoms with Gasteiger partial charge in [-0.1, -0.05) is 0 Å². The molecule has 0 aliphatic carbocycles. The minimum atomic E-state index is -0.0888. The number of furan rings is 1. The van der Waals surface area contributed by atoms with Crippen LogP contribution < -0.4 is 9.47 Å². The smallest absolute Gasteiger partial charge is 0.197 e. The van der Waals surface area contributed by atoms with Crippen LogP contribution in [0.25, 0.3) is 0 Å². The second kappa shape index (κ2) is 5.41. The van der Waals surface area contributed by atoms with Gasteiger partial charge >= 0.3 is 0 Å². The van der Waals surface area contributed by atoms with E-state index in [1.807, 2.05) is 13.8 Å². The topological polar surface area (TPSA) is 48.7 Å². The highest BCUT2D eigenvalue weighted by molar-refractivity contribution is 6.11. The summed E-state index contributed by atoms with van der Waals surface area (Å²) in [6.07, 6.45) is 0. The Morgan fingerprint density at radius 2 is 1.50 bits per heavy atom. The molecule has 2 aromatic rings. The standard InChI is InChI=1S/C16H18O4/c1-9-10(2)20-11(3)15(9)16(17)12-6-13(18-4)8-14(7-12)19-5/h6-8H,1-5H3. The van der Waals surface area contributed by atoms with Gasteiger partial charge in [-0.3, -0.25) is 4.79 Å². The molecule has 4 heteroatoms. The molecule has 0 bridgehead atoms. The molecule has 1 aromatic heterocycles. The van der Waals surface area contributed by atoms with Gasteiger partial charge in [0, 0.05) is 17.2 Å². The van der Waals surface area contributed by atoms with Crippen LogP contribution in [0.15, 0.2) is 22.6 Å². The quantitative estimate of drug-likeness (QED) is 0.801. The van der Waals surface area contributed by atoms with Crippen LogP contribution in [0.4, 0.5) is 0 Å². The molecular formula is C16H18O4. The molecule has 0 amide bonds. The van der Waals surface area contributed by atoms with Gasteiger partial charge in [0.15, 0.2) is 5.78 Å². The zero-order valence-corrected chi connectivity index (χ0v) is 12.4. The third-order valence-corrected chi connectivity index (χ3v) is 3.40. The first-order valence-electron chi connectivity index (χ1n) is 6.32. The third kappa shape index (κ3) is 2.41. The average molecular weight is 274 g/mol. The van der Waals surface area contributed by atoms with Crippen LogP contribution in [-0.2, 0) is 0 Å². The number of benzene rings is 1. The maximum atomic E-state index is 12.7. The van der Waals surface area contributed by atoms with Gasteiger partial charge in [0.1, 0.15) is 23.0 Å². The van der Waals surface area contributed by atoms with E-state index in [0.717, 1.165) is 11.3 Å². The number of hydrogen-bond donors (Lipinski definition) is 0. The van der Waals surface area contributed by atoms with E-state index in [1.165, 1.54) is 0 Å². The zero-order chi connectivity index (χ0) is 14.9. The molecule has 0 fully saturated rings. The van der Waals surface area contributed by atoms with Crippen LogP contribution in [-0.4, -0.2) is 20.0 Å². The molecule has 1 heterocycles. The summed E-state index contributed by atoms with van der Waals surface area (Å²) in [5, 5.41) is 0. The highest BCUT2D eigenvalue weighted by Gasteiger charge is 2.21. The van der Waals surface area contributed by atoms with Crippen LogP contribution in [0.2, 0.25) is 0 Å². The molecule has 0 aliphatic heterocycles. The van der Waals surface area contributed by atoms with Gasteiger partial charge in [0.25, 0.3) is 0 Å². The van der Waals surface area contributed by atoms with E-state index in [0.29, 0.717) is 28.4 Å². The van der Waals surface area contributed by atoms with Gasteiger partial charge in [-0.2, -0.15) is 0 Å². The summed E-state index contributed by atoms with van der Waals surface area (Å²) in [6.45, 7) is 5.53. The molecule has 2 rings (SSSR count). The maximum Gasteiger partial charge on any atom is 0.197 e. The summed E-state index contributed by atoms with van der Waals surface area (Å²) >= 11 is 0. The van der Waals surface area contributed by atoms with E-state index in [-0.39, 0.29) is 5.78 Å². The van der Waals surface area contributed by atoms with Crippen LogP contribution in [0.3, 0.4) is 0 Å². The van der Waals surface area contributed by atoms with E-state index in [4.69, 9.17) is 13.9 Å². The molecule has 20 heavy (non-hydrogen) atoms. The minimum Gasteiger partial charge on any atom is -0.497 e. The lowest BCUT2D eigenvalue weighted by molar-refractivity contribution is 0.103. The second-order valence-electron chi connectivity index (χ2n) is 4.64. The van der Waals surface area contributed by atoms with Crippen LogP contribution in [0, 0.1) is 20.8 Å². The Balaban J connectivity index is 2.53. The Labute approximate surface area is 118 Å². The molecule has 4 nitrogen and oxygen atoms in total. The van der Waals surface area contributed by atoms with E-state index in [9.17, 15) is 4.79 Å². The predicted molar refractivity (Wildman–Crippen MR) is 75.9 cm³/mol. The normalized spacial score (nSPS) is 10.4. The van der Waals surface area contributed by atoms with Crippen molar-refractivity contribution in [3.05, 3.63) is 46.4 Å². The zero-order valence-electron chi connectivity index (χ0n) is 12.4. The molecule has 0 aliphatic rings. The number of ether oxygens (including phenoxy) is 2. The highest BCUT2D eigenvalue weighted by atomic mass is 16.5. The number of carbonyl (C=O) groups excluding carboxylic acids is 1. The SMILES string of the molecule is COc1cc(OC)cc(C(=O)c2c(C)oc(C)c2C)c1. The summed E-state index contributed by atoms with van der Waals surface area (Å²) < 4.78 is 15.9. The van der Waals surface area contributed by atoms with E-state index in [1.54, 1.807) is 39.3 Å². The van der Waals surface area contributed by atoms with Crippen molar-refractivity contribution in [2.24, 2.45) is 0 Å². The molecule has 0 N–H and O–H groups in total. The van der Waals surface area contributed by atoms with Crippen LogP contribution >= 0.6 is 0 Å². The molecule has 0 radical (unpaired) electrons. The van der Waals surface area contributed by atoms with Gasteiger partial charge in [-0.15, -0.1) is 0 Å². The molecule has 0 saturated heterocycles. The molecule has 1 aromatic carbocycles. The van der Waals surface area contributed by atoms with Crippen molar-refractivity contribution in [1.29, 1.82) is 0 Å². The largest absolute Gasteiger partial charge is 0.497 e. The first-order valence-corrected chi connectivity index (χ1v) is 6.32. The molecule has 0 spiro atoms. The Kier molecular flexibility index (Phi) is 3.84. The third-order valence-electron chi connectivity index (χ3n) is 3.40. The number of rotatable bonds is 4. The summed E-state index contributed by atoms with van der Waals surface area (Å²) in [6, 6.07) is 5.13. The average Bonchev–Trinajstić information content (AvgIpc) is 2.70. The lowest BCUT2D eigenvalue weighted by Crippen LogP contribution is -2.04. The van der Waals surface area contributed by atoms with E-state index < -0.39 is 0 Å². The summed E-state index contributed by atoms with van der Waals surface area (Å²) in [4.78, 5) is 12.7. The predicted octanol–water partition coefficient (Wildman–Crippen LogP) is 3.45. The van der Waals surface area contributed by atoms with Crippen molar-refractivity contribution in [3.63, 3.8) is 0 Å². The van der Waals surface area contributed by atoms with Crippen molar-refractivity contribution in [3.8, 4) is 11.5 Å². The van der Waals surface area contributed by atoms with Crippen molar-refractivity contribution in [1.82, 2.24) is 0 Å². The molecule has 0 atom stereocenters. The number of hydrogen-bond acceptors (Lipinski definition) is 4. The van der Waals surface area contributed by atoms with E-state index in [2.05, 4.69) is 0 Å². The molecule has 0 saturated carbocycles. The van der Waals surface area contributed by atoms with Crippen molar-refractivity contribution >= 4 is 5.78 Å². The first-order chi connectivity index (χ1) is 9.47. The fourth-order valence-electron chi connectivity index (χ4n) is 2.21.